The van der Waals surface area contributed by atoms with Gasteiger partial charge in [-0.3, -0.25) is 0 Å². The van der Waals surface area contributed by atoms with E-state index in [9.17, 15) is 9.50 Å². The van der Waals surface area contributed by atoms with E-state index in [2.05, 4.69) is 45.4 Å². The number of rotatable bonds is 6. The Balaban J connectivity index is 2.17. The minimum Gasteiger partial charge on any atom is -0.508 e. The minimum atomic E-state index is -0.278. The van der Waals surface area contributed by atoms with Gasteiger partial charge in [-0.2, -0.15) is 0 Å². The second-order valence-corrected chi connectivity index (χ2v) is 7.55. The summed E-state index contributed by atoms with van der Waals surface area (Å²) in [4.78, 5) is 4.52. The summed E-state index contributed by atoms with van der Waals surface area (Å²) in [6.07, 6.45) is 1.00. The average Bonchev–Trinajstić information content (AvgIpc) is 2.57. The number of nitrogens with zero attached hydrogens (tertiary/aromatic N) is 1. The summed E-state index contributed by atoms with van der Waals surface area (Å²) in [5, 5.41) is 16.1. The molecule has 0 aliphatic carbocycles. The largest absolute Gasteiger partial charge is 0.508 e. The van der Waals surface area contributed by atoms with E-state index in [1.165, 1.54) is 6.07 Å². The molecular formula is C20H25BrFN3O. The molecule has 0 heterocycles. The van der Waals surface area contributed by atoms with E-state index in [0.717, 1.165) is 28.7 Å². The molecule has 0 saturated carbocycles. The van der Waals surface area contributed by atoms with Crippen LogP contribution in [0.4, 0.5) is 10.1 Å². The third-order valence-electron chi connectivity index (χ3n) is 3.89. The molecule has 3 N–H and O–H groups in total. The molecule has 0 bridgehead atoms. The first-order valence-electron chi connectivity index (χ1n) is 8.64. The highest BCUT2D eigenvalue weighted by molar-refractivity contribution is 9.10. The van der Waals surface area contributed by atoms with Crippen molar-refractivity contribution in [3.63, 3.8) is 0 Å². The highest BCUT2D eigenvalue weighted by Gasteiger charge is 2.07. The highest BCUT2D eigenvalue weighted by Crippen LogP contribution is 2.20. The summed E-state index contributed by atoms with van der Waals surface area (Å²) < 4.78 is 14.8. The number of halogens is 2. The monoisotopic (exact) mass is 421 g/mol. The number of nitrogens with one attached hydrogen (secondary N) is 2. The zero-order chi connectivity index (χ0) is 19.1. The standard InChI is InChI=1S/C20H25BrFN3O/c1-13(2)8-9-23-20(25-19-7-5-17(26)10-14(19)3)24-12-15-11-16(21)4-6-18(15)22/h4-7,10-11,13,26H,8-9,12H2,1-3H3,(H2,23,24,25). The molecule has 0 fully saturated rings. The van der Waals surface area contributed by atoms with Gasteiger partial charge in [-0.05, 0) is 61.2 Å². The van der Waals surface area contributed by atoms with Crippen LogP contribution in [0.3, 0.4) is 0 Å². The van der Waals surface area contributed by atoms with E-state index in [1.807, 2.05) is 6.92 Å². The van der Waals surface area contributed by atoms with Crippen molar-refractivity contribution in [1.82, 2.24) is 5.32 Å². The van der Waals surface area contributed by atoms with Crippen molar-refractivity contribution >= 4 is 27.6 Å². The molecule has 0 spiro atoms. The van der Waals surface area contributed by atoms with Gasteiger partial charge in [-0.25, -0.2) is 9.38 Å². The van der Waals surface area contributed by atoms with Crippen LogP contribution in [0.5, 0.6) is 5.75 Å². The van der Waals surface area contributed by atoms with Crippen molar-refractivity contribution < 1.29 is 9.50 Å². The minimum absolute atomic E-state index is 0.218. The maximum Gasteiger partial charge on any atom is 0.196 e. The lowest BCUT2D eigenvalue weighted by molar-refractivity contribution is 0.475. The van der Waals surface area contributed by atoms with Gasteiger partial charge in [0.05, 0.1) is 6.54 Å². The zero-order valence-electron chi connectivity index (χ0n) is 15.3. The number of aryl methyl sites for hydroxylation is 1. The molecule has 0 radical (unpaired) electrons. The average molecular weight is 422 g/mol. The number of guanidine groups is 1. The number of phenols is 1. The summed E-state index contributed by atoms with van der Waals surface area (Å²) in [5.41, 5.74) is 2.26. The lowest BCUT2D eigenvalue weighted by Crippen LogP contribution is -2.32. The van der Waals surface area contributed by atoms with Gasteiger partial charge < -0.3 is 15.7 Å². The quantitative estimate of drug-likeness (QED) is 0.341. The fraction of sp³-hybridized carbons (Fsp3) is 0.350. The van der Waals surface area contributed by atoms with E-state index < -0.39 is 0 Å². The zero-order valence-corrected chi connectivity index (χ0v) is 16.9. The predicted octanol–water partition coefficient (Wildman–Crippen LogP) is 5.21. The van der Waals surface area contributed by atoms with Crippen LogP contribution < -0.4 is 10.6 Å². The van der Waals surface area contributed by atoms with Gasteiger partial charge in [-0.1, -0.05) is 29.8 Å². The Morgan fingerprint density at radius 2 is 2.00 bits per heavy atom. The van der Waals surface area contributed by atoms with Crippen LogP contribution >= 0.6 is 15.9 Å². The van der Waals surface area contributed by atoms with Gasteiger partial charge in [0.25, 0.3) is 0 Å². The molecule has 6 heteroatoms. The van der Waals surface area contributed by atoms with Crippen LogP contribution in [0.1, 0.15) is 31.4 Å². The van der Waals surface area contributed by atoms with E-state index in [4.69, 9.17) is 0 Å². The summed E-state index contributed by atoms with van der Waals surface area (Å²) in [6, 6.07) is 9.93. The number of aromatic hydroxyl groups is 1. The number of hydrogen-bond donors (Lipinski definition) is 3. The summed E-state index contributed by atoms with van der Waals surface area (Å²) in [6.45, 7) is 7.21. The van der Waals surface area contributed by atoms with Crippen molar-refractivity contribution in [1.29, 1.82) is 0 Å². The van der Waals surface area contributed by atoms with Crippen molar-refractivity contribution in [2.45, 2.75) is 33.7 Å². The van der Waals surface area contributed by atoms with E-state index in [0.29, 0.717) is 17.4 Å². The Bertz CT molecular complexity index is 778. The van der Waals surface area contributed by atoms with Gasteiger partial charge in [0.15, 0.2) is 5.96 Å². The van der Waals surface area contributed by atoms with Crippen LogP contribution in [-0.4, -0.2) is 17.6 Å². The summed E-state index contributed by atoms with van der Waals surface area (Å²) in [7, 11) is 0. The van der Waals surface area contributed by atoms with Gasteiger partial charge >= 0.3 is 0 Å². The highest BCUT2D eigenvalue weighted by atomic mass is 79.9. The molecule has 26 heavy (non-hydrogen) atoms. The number of phenolic OH excluding ortho intramolecular Hbond substituents is 1. The molecule has 0 amide bonds. The maximum atomic E-state index is 14.0. The number of benzene rings is 2. The van der Waals surface area contributed by atoms with Crippen molar-refractivity contribution in [2.24, 2.45) is 10.9 Å². The summed E-state index contributed by atoms with van der Waals surface area (Å²) >= 11 is 3.36. The van der Waals surface area contributed by atoms with Crippen LogP contribution in [0.25, 0.3) is 0 Å². The molecule has 0 aromatic heterocycles. The Morgan fingerprint density at radius 1 is 1.23 bits per heavy atom. The number of aliphatic imine (C=N–C) groups is 1. The third-order valence-corrected chi connectivity index (χ3v) is 4.39. The molecule has 0 unspecified atom stereocenters. The van der Waals surface area contributed by atoms with Gasteiger partial charge in [0, 0.05) is 22.3 Å². The Hall–Kier alpha value is -2.08. The van der Waals surface area contributed by atoms with Crippen LogP contribution in [0, 0.1) is 18.7 Å². The number of hydrogen-bond acceptors (Lipinski definition) is 2. The molecule has 2 rings (SSSR count). The number of anilines is 1. The second kappa shape index (κ2) is 9.57. The molecule has 0 saturated heterocycles. The molecule has 0 aliphatic heterocycles. The normalized spacial score (nSPS) is 11.7. The first kappa shape index (κ1) is 20.2. The lowest BCUT2D eigenvalue weighted by Gasteiger charge is -2.15. The first-order valence-corrected chi connectivity index (χ1v) is 9.43. The molecule has 2 aromatic rings. The Kier molecular flexibility index (Phi) is 7.45. The van der Waals surface area contributed by atoms with Gasteiger partial charge in [0.1, 0.15) is 11.6 Å². The predicted molar refractivity (Wildman–Crippen MR) is 109 cm³/mol. The van der Waals surface area contributed by atoms with Crippen molar-refractivity contribution in [3.05, 3.63) is 57.8 Å². The maximum absolute atomic E-state index is 14.0. The van der Waals surface area contributed by atoms with E-state index in [-0.39, 0.29) is 18.1 Å². The molecule has 0 aliphatic rings. The van der Waals surface area contributed by atoms with E-state index >= 15 is 0 Å². The van der Waals surface area contributed by atoms with Crippen molar-refractivity contribution in [3.8, 4) is 5.75 Å². The third kappa shape index (κ3) is 6.33. The van der Waals surface area contributed by atoms with Gasteiger partial charge in [-0.15, -0.1) is 0 Å². The van der Waals surface area contributed by atoms with Gasteiger partial charge in [0.2, 0.25) is 0 Å². The van der Waals surface area contributed by atoms with Crippen LogP contribution in [0.15, 0.2) is 45.9 Å². The van der Waals surface area contributed by atoms with Crippen LogP contribution in [-0.2, 0) is 6.54 Å². The lowest BCUT2D eigenvalue weighted by atomic mass is 10.1. The molecule has 2 aromatic carbocycles. The molecule has 4 nitrogen and oxygen atoms in total. The first-order chi connectivity index (χ1) is 12.3. The van der Waals surface area contributed by atoms with Crippen LogP contribution in [0.2, 0.25) is 0 Å². The fourth-order valence-electron chi connectivity index (χ4n) is 2.36. The fourth-order valence-corrected chi connectivity index (χ4v) is 2.77. The topological polar surface area (TPSA) is 56.6 Å². The molecule has 0 atom stereocenters. The van der Waals surface area contributed by atoms with E-state index in [1.54, 1.807) is 30.3 Å². The molecule has 140 valence electrons. The Morgan fingerprint density at radius 3 is 2.69 bits per heavy atom. The summed E-state index contributed by atoms with van der Waals surface area (Å²) in [5.74, 6) is 1.09. The Labute approximate surface area is 162 Å². The van der Waals surface area contributed by atoms with Crippen molar-refractivity contribution in [2.75, 3.05) is 11.9 Å². The smallest absolute Gasteiger partial charge is 0.196 e. The second-order valence-electron chi connectivity index (χ2n) is 6.63. The SMILES string of the molecule is Cc1cc(O)ccc1NC(=NCc1cc(Br)ccc1F)NCCC(C)C. The molecular weight excluding hydrogens is 397 g/mol.